The molecule has 0 radical (unpaired) electrons. The number of benzene rings is 1. The standard InChI is InChI=1S/C26H35N3O3/c30-25(26(31,22-9-3-1-4-10-22)23-11-5-2-6-12-23)32-18-21(24-13-15-28-19-29-24)16-20-8-7-14-27-17-20/h1,3-4,9-10,13,15,19-21,23,27,31H,2,5-8,11-12,14,16-18H2/t20-,21?,26?/m1/s1. The van der Waals surface area contributed by atoms with E-state index in [1.54, 1.807) is 12.5 Å². The largest absolute Gasteiger partial charge is 0.463 e. The molecular formula is C26H35N3O3. The third-order valence-electron chi connectivity index (χ3n) is 7.18. The van der Waals surface area contributed by atoms with E-state index >= 15 is 0 Å². The minimum atomic E-state index is -1.61. The molecule has 1 aliphatic heterocycles. The van der Waals surface area contributed by atoms with Crippen LogP contribution >= 0.6 is 0 Å². The van der Waals surface area contributed by atoms with Gasteiger partial charge in [0.15, 0.2) is 5.60 Å². The zero-order valence-electron chi connectivity index (χ0n) is 18.8. The summed E-state index contributed by atoms with van der Waals surface area (Å²) >= 11 is 0. The molecule has 32 heavy (non-hydrogen) atoms. The van der Waals surface area contributed by atoms with Crippen molar-refractivity contribution >= 4 is 5.97 Å². The molecule has 1 aromatic carbocycles. The summed E-state index contributed by atoms with van der Waals surface area (Å²) in [6, 6.07) is 11.2. The number of carbonyl (C=O) groups is 1. The summed E-state index contributed by atoms with van der Waals surface area (Å²) in [5.74, 6) is -0.144. The van der Waals surface area contributed by atoms with E-state index in [4.69, 9.17) is 4.74 Å². The van der Waals surface area contributed by atoms with Crippen LogP contribution < -0.4 is 5.32 Å². The number of piperidine rings is 1. The Kier molecular flexibility index (Phi) is 7.87. The van der Waals surface area contributed by atoms with E-state index in [1.165, 1.54) is 6.42 Å². The van der Waals surface area contributed by atoms with Crippen molar-refractivity contribution in [3.8, 4) is 0 Å². The van der Waals surface area contributed by atoms with Gasteiger partial charge in [-0.2, -0.15) is 0 Å². The molecule has 0 bridgehead atoms. The predicted molar refractivity (Wildman–Crippen MR) is 123 cm³/mol. The van der Waals surface area contributed by atoms with Gasteiger partial charge in [-0.25, -0.2) is 14.8 Å². The van der Waals surface area contributed by atoms with Crippen LogP contribution in [0.25, 0.3) is 0 Å². The van der Waals surface area contributed by atoms with Crippen LogP contribution in [0.2, 0.25) is 0 Å². The van der Waals surface area contributed by atoms with Crippen LogP contribution in [-0.2, 0) is 15.1 Å². The van der Waals surface area contributed by atoms with Crippen molar-refractivity contribution in [3.63, 3.8) is 0 Å². The number of hydrogen-bond donors (Lipinski definition) is 2. The highest BCUT2D eigenvalue weighted by Gasteiger charge is 2.47. The fourth-order valence-corrected chi connectivity index (χ4v) is 5.36. The summed E-state index contributed by atoms with van der Waals surface area (Å²) in [7, 11) is 0. The molecule has 2 fully saturated rings. The number of hydrogen-bond acceptors (Lipinski definition) is 6. The number of ether oxygens (including phenoxy) is 1. The number of esters is 1. The Morgan fingerprint density at radius 3 is 2.62 bits per heavy atom. The topological polar surface area (TPSA) is 84.3 Å². The second-order valence-electron chi connectivity index (χ2n) is 9.35. The second kappa shape index (κ2) is 11.0. The first-order valence-electron chi connectivity index (χ1n) is 12.1. The lowest BCUT2D eigenvalue weighted by molar-refractivity contribution is -0.176. The molecule has 4 rings (SSSR count). The summed E-state index contributed by atoms with van der Waals surface area (Å²) in [5.41, 5.74) is -0.0872. The van der Waals surface area contributed by atoms with Crippen LogP contribution in [-0.4, -0.2) is 40.7 Å². The van der Waals surface area contributed by atoms with Crippen LogP contribution in [0.1, 0.15) is 68.5 Å². The van der Waals surface area contributed by atoms with Gasteiger partial charge in [0.25, 0.3) is 0 Å². The van der Waals surface area contributed by atoms with E-state index < -0.39 is 11.6 Å². The third kappa shape index (κ3) is 5.36. The average molecular weight is 438 g/mol. The lowest BCUT2D eigenvalue weighted by Crippen LogP contribution is -2.45. The van der Waals surface area contributed by atoms with E-state index in [0.717, 1.165) is 63.7 Å². The molecule has 3 atom stereocenters. The molecule has 2 aromatic rings. The first-order valence-corrected chi connectivity index (χ1v) is 12.1. The summed E-state index contributed by atoms with van der Waals surface area (Å²) in [6.45, 7) is 2.26. The van der Waals surface area contributed by atoms with Crippen molar-refractivity contribution in [2.75, 3.05) is 19.7 Å². The van der Waals surface area contributed by atoms with Crippen molar-refractivity contribution in [2.24, 2.45) is 11.8 Å². The van der Waals surface area contributed by atoms with Gasteiger partial charge in [-0.3, -0.25) is 0 Å². The van der Waals surface area contributed by atoms with Crippen molar-refractivity contribution in [1.29, 1.82) is 0 Å². The number of rotatable bonds is 8. The first-order chi connectivity index (χ1) is 15.7. The van der Waals surface area contributed by atoms with Gasteiger partial charge in [0.1, 0.15) is 6.33 Å². The van der Waals surface area contributed by atoms with Crippen molar-refractivity contribution < 1.29 is 14.6 Å². The molecule has 2 aliphatic rings. The van der Waals surface area contributed by atoms with E-state index in [2.05, 4.69) is 15.3 Å². The molecule has 6 nitrogen and oxygen atoms in total. The van der Waals surface area contributed by atoms with Gasteiger partial charge in [-0.05, 0) is 62.7 Å². The summed E-state index contributed by atoms with van der Waals surface area (Å²) in [5, 5.41) is 15.2. The zero-order chi connectivity index (χ0) is 22.2. The van der Waals surface area contributed by atoms with Crippen LogP contribution in [0.3, 0.4) is 0 Å². The fourth-order valence-electron chi connectivity index (χ4n) is 5.36. The zero-order valence-corrected chi connectivity index (χ0v) is 18.8. The number of nitrogens with zero attached hydrogens (tertiary/aromatic N) is 2. The Bertz CT molecular complexity index is 836. The number of nitrogens with one attached hydrogen (secondary N) is 1. The first kappa shape index (κ1) is 22.9. The molecule has 1 aliphatic carbocycles. The van der Waals surface area contributed by atoms with Gasteiger partial charge in [0.05, 0.1) is 12.3 Å². The second-order valence-corrected chi connectivity index (χ2v) is 9.35. The summed E-state index contributed by atoms with van der Waals surface area (Å²) < 4.78 is 5.90. The molecule has 1 saturated heterocycles. The molecule has 172 valence electrons. The summed E-state index contributed by atoms with van der Waals surface area (Å²) in [6.07, 6.45) is 11.4. The highest BCUT2D eigenvalue weighted by molar-refractivity contribution is 5.81. The van der Waals surface area contributed by atoms with Gasteiger partial charge in [-0.15, -0.1) is 0 Å². The molecule has 1 saturated carbocycles. The van der Waals surface area contributed by atoms with Crippen molar-refractivity contribution in [3.05, 3.63) is 60.2 Å². The Labute approximate surface area is 190 Å². The van der Waals surface area contributed by atoms with E-state index in [-0.39, 0.29) is 18.4 Å². The quantitative estimate of drug-likeness (QED) is 0.608. The Morgan fingerprint density at radius 2 is 1.94 bits per heavy atom. The highest BCUT2D eigenvalue weighted by atomic mass is 16.5. The van der Waals surface area contributed by atoms with Gasteiger partial charge < -0.3 is 15.2 Å². The molecule has 2 unspecified atom stereocenters. The SMILES string of the molecule is O=C(OCC(C[C@H]1CCCNC1)c1ccncn1)C(O)(c1ccccc1)C1CCCCC1. The molecule has 6 heteroatoms. The molecule has 0 spiro atoms. The van der Waals surface area contributed by atoms with E-state index in [1.807, 2.05) is 36.4 Å². The van der Waals surface area contributed by atoms with Crippen LogP contribution in [0.5, 0.6) is 0 Å². The monoisotopic (exact) mass is 437 g/mol. The van der Waals surface area contributed by atoms with Crippen LogP contribution in [0.4, 0.5) is 0 Å². The molecular weight excluding hydrogens is 402 g/mol. The summed E-state index contributed by atoms with van der Waals surface area (Å²) in [4.78, 5) is 22.0. The number of aromatic nitrogens is 2. The van der Waals surface area contributed by atoms with Gasteiger partial charge in [0.2, 0.25) is 0 Å². The number of aliphatic hydroxyl groups is 1. The Morgan fingerprint density at radius 1 is 1.12 bits per heavy atom. The number of carbonyl (C=O) groups excluding carboxylic acids is 1. The van der Waals surface area contributed by atoms with Gasteiger partial charge in [0, 0.05) is 18.0 Å². The fraction of sp³-hybridized carbons (Fsp3) is 0.577. The van der Waals surface area contributed by atoms with E-state index in [0.29, 0.717) is 11.5 Å². The lowest BCUT2D eigenvalue weighted by atomic mass is 9.73. The maximum atomic E-state index is 13.5. The average Bonchev–Trinajstić information content (AvgIpc) is 2.88. The molecule has 1 aromatic heterocycles. The van der Waals surface area contributed by atoms with E-state index in [9.17, 15) is 9.90 Å². The Hall–Kier alpha value is -2.31. The van der Waals surface area contributed by atoms with Crippen molar-refractivity contribution in [1.82, 2.24) is 15.3 Å². The lowest BCUT2D eigenvalue weighted by Gasteiger charge is -2.37. The van der Waals surface area contributed by atoms with Crippen molar-refractivity contribution in [2.45, 2.75) is 62.9 Å². The third-order valence-corrected chi connectivity index (χ3v) is 7.18. The highest BCUT2D eigenvalue weighted by Crippen LogP contribution is 2.40. The normalized spacial score (nSPS) is 22.6. The molecule has 0 amide bonds. The maximum absolute atomic E-state index is 13.5. The minimum Gasteiger partial charge on any atom is -0.463 e. The van der Waals surface area contributed by atoms with Crippen LogP contribution in [0, 0.1) is 11.8 Å². The van der Waals surface area contributed by atoms with Gasteiger partial charge in [-0.1, -0.05) is 49.6 Å². The smallest absolute Gasteiger partial charge is 0.343 e. The minimum absolute atomic E-state index is 0.0155. The molecule has 2 N–H and O–H groups in total. The molecule has 2 heterocycles. The maximum Gasteiger partial charge on any atom is 0.343 e. The predicted octanol–water partition coefficient (Wildman–Crippen LogP) is 3.96. The van der Waals surface area contributed by atoms with Gasteiger partial charge >= 0.3 is 5.97 Å². The van der Waals surface area contributed by atoms with Crippen LogP contribution in [0.15, 0.2) is 48.9 Å². The Balaban J connectivity index is 1.51.